The maximum atomic E-state index is 14.0. The minimum Gasteiger partial charge on any atom is -0.232 e. The Kier molecular flexibility index (Phi) is 3.31. The van der Waals surface area contributed by atoms with Crippen LogP contribution in [-0.2, 0) is 0 Å². The molecule has 0 bridgehead atoms. The van der Waals surface area contributed by atoms with Gasteiger partial charge in [-0.25, -0.2) is 14.4 Å². The molecule has 1 aromatic carbocycles. The van der Waals surface area contributed by atoms with Crippen LogP contribution in [0.4, 0.5) is 4.39 Å². The Morgan fingerprint density at radius 1 is 1.32 bits per heavy atom. The van der Waals surface area contributed by atoms with Crippen LogP contribution in [0, 0.1) is 12.7 Å². The second-order valence-corrected chi connectivity index (χ2v) is 6.02. The minimum absolute atomic E-state index is 0.303. The molecule has 1 heterocycles. The number of rotatable bonds is 2. The van der Waals surface area contributed by atoms with Crippen LogP contribution in [0.2, 0.25) is 5.15 Å². The van der Waals surface area contributed by atoms with E-state index in [0.717, 1.165) is 23.1 Å². The lowest BCUT2D eigenvalue weighted by molar-refractivity contribution is 0.630. The first-order chi connectivity index (χ1) is 9.06. The SMILES string of the molecule is Cc1c(Cl)nc(C2CC2)nc1-c1cc(Br)ccc1F. The lowest BCUT2D eigenvalue weighted by Crippen LogP contribution is -2.00. The fraction of sp³-hybridized carbons (Fsp3) is 0.286. The summed E-state index contributed by atoms with van der Waals surface area (Å²) in [6.07, 6.45) is 2.17. The molecule has 0 atom stereocenters. The van der Waals surface area contributed by atoms with Crippen molar-refractivity contribution in [2.24, 2.45) is 0 Å². The predicted molar refractivity (Wildman–Crippen MR) is 76.8 cm³/mol. The Bertz CT molecular complexity index is 656. The molecule has 1 saturated carbocycles. The molecule has 2 aromatic rings. The lowest BCUT2D eigenvalue weighted by atomic mass is 10.1. The van der Waals surface area contributed by atoms with Gasteiger partial charge in [-0.1, -0.05) is 27.5 Å². The first-order valence-corrected chi connectivity index (χ1v) is 7.23. The molecule has 0 spiro atoms. The predicted octanol–water partition coefficient (Wildman–Crippen LogP) is 4.88. The van der Waals surface area contributed by atoms with Crippen molar-refractivity contribution in [2.45, 2.75) is 25.7 Å². The molecule has 0 radical (unpaired) electrons. The van der Waals surface area contributed by atoms with E-state index >= 15 is 0 Å². The van der Waals surface area contributed by atoms with Gasteiger partial charge in [-0.2, -0.15) is 0 Å². The van der Waals surface area contributed by atoms with Gasteiger partial charge in [-0.3, -0.25) is 0 Å². The highest BCUT2D eigenvalue weighted by molar-refractivity contribution is 9.10. The summed E-state index contributed by atoms with van der Waals surface area (Å²) in [5.41, 5.74) is 1.75. The van der Waals surface area contributed by atoms with Gasteiger partial charge in [0.1, 0.15) is 16.8 Å². The molecule has 1 fully saturated rings. The highest BCUT2D eigenvalue weighted by Gasteiger charge is 2.28. The summed E-state index contributed by atoms with van der Waals surface area (Å²) in [4.78, 5) is 8.80. The molecule has 1 aromatic heterocycles. The Labute approximate surface area is 124 Å². The van der Waals surface area contributed by atoms with Crippen LogP contribution in [0.3, 0.4) is 0 Å². The van der Waals surface area contributed by atoms with Crippen molar-refractivity contribution < 1.29 is 4.39 Å². The van der Waals surface area contributed by atoms with Crippen molar-refractivity contribution in [3.05, 3.63) is 45.0 Å². The zero-order valence-electron chi connectivity index (χ0n) is 10.3. The summed E-state index contributed by atoms with van der Waals surface area (Å²) in [6.45, 7) is 1.81. The quantitative estimate of drug-likeness (QED) is 0.727. The van der Waals surface area contributed by atoms with E-state index in [0.29, 0.717) is 27.9 Å². The molecule has 0 N–H and O–H groups in total. The first-order valence-electron chi connectivity index (χ1n) is 6.05. The largest absolute Gasteiger partial charge is 0.232 e. The molecule has 1 aliphatic rings. The van der Waals surface area contributed by atoms with Crippen LogP contribution >= 0.6 is 27.5 Å². The topological polar surface area (TPSA) is 25.8 Å². The van der Waals surface area contributed by atoms with E-state index in [-0.39, 0.29) is 5.82 Å². The highest BCUT2D eigenvalue weighted by atomic mass is 79.9. The van der Waals surface area contributed by atoms with E-state index in [1.807, 2.05) is 6.92 Å². The van der Waals surface area contributed by atoms with Crippen molar-refractivity contribution in [3.63, 3.8) is 0 Å². The Morgan fingerprint density at radius 3 is 2.74 bits per heavy atom. The van der Waals surface area contributed by atoms with Gasteiger partial charge >= 0.3 is 0 Å². The number of benzene rings is 1. The average molecular weight is 342 g/mol. The van der Waals surface area contributed by atoms with Gasteiger partial charge in [0.25, 0.3) is 0 Å². The van der Waals surface area contributed by atoms with Crippen LogP contribution in [-0.4, -0.2) is 9.97 Å². The van der Waals surface area contributed by atoms with Crippen LogP contribution in [0.15, 0.2) is 22.7 Å². The molecule has 3 rings (SSSR count). The average Bonchev–Trinajstić information content (AvgIpc) is 3.20. The summed E-state index contributed by atoms with van der Waals surface area (Å²) in [5.74, 6) is 0.805. The van der Waals surface area contributed by atoms with Crippen LogP contribution in [0.5, 0.6) is 0 Å². The van der Waals surface area contributed by atoms with E-state index < -0.39 is 0 Å². The molecule has 98 valence electrons. The Hall–Kier alpha value is -1.00. The smallest absolute Gasteiger partial charge is 0.136 e. The van der Waals surface area contributed by atoms with Crippen molar-refractivity contribution in [2.75, 3.05) is 0 Å². The molecular weight excluding hydrogens is 331 g/mol. The molecule has 0 amide bonds. The zero-order chi connectivity index (χ0) is 13.6. The third-order valence-electron chi connectivity index (χ3n) is 3.23. The monoisotopic (exact) mass is 340 g/mol. The van der Waals surface area contributed by atoms with Crippen molar-refractivity contribution in [3.8, 4) is 11.3 Å². The summed E-state index contributed by atoms with van der Waals surface area (Å²) >= 11 is 9.50. The normalized spacial score (nSPS) is 14.7. The first kappa shape index (κ1) is 13.0. The van der Waals surface area contributed by atoms with Gasteiger partial charge in [0, 0.05) is 21.5 Å². The molecule has 0 aliphatic heterocycles. The van der Waals surface area contributed by atoms with Gasteiger partial charge in [0.2, 0.25) is 0 Å². The second-order valence-electron chi connectivity index (χ2n) is 4.74. The molecular formula is C14H11BrClFN2. The van der Waals surface area contributed by atoms with Crippen LogP contribution < -0.4 is 0 Å². The summed E-state index contributed by atoms with van der Waals surface area (Å²) in [7, 11) is 0. The maximum absolute atomic E-state index is 14.0. The van der Waals surface area contributed by atoms with Crippen LogP contribution in [0.1, 0.15) is 30.1 Å². The van der Waals surface area contributed by atoms with Gasteiger partial charge in [-0.05, 0) is 38.0 Å². The van der Waals surface area contributed by atoms with E-state index in [1.165, 1.54) is 6.07 Å². The molecule has 0 unspecified atom stereocenters. The number of nitrogens with zero attached hydrogens (tertiary/aromatic N) is 2. The number of hydrogen-bond acceptors (Lipinski definition) is 2. The van der Waals surface area contributed by atoms with Gasteiger partial charge in [0.05, 0.1) is 5.69 Å². The van der Waals surface area contributed by atoms with Gasteiger partial charge in [-0.15, -0.1) is 0 Å². The molecule has 2 nitrogen and oxygen atoms in total. The standard InChI is InChI=1S/C14H11BrClFN2/c1-7-12(10-6-9(15)4-5-11(10)17)18-14(8-2-3-8)19-13(7)16/h4-6,8H,2-3H2,1H3. The molecule has 1 aliphatic carbocycles. The van der Waals surface area contributed by atoms with Gasteiger partial charge in [0.15, 0.2) is 0 Å². The highest BCUT2D eigenvalue weighted by Crippen LogP contribution is 2.40. The lowest BCUT2D eigenvalue weighted by Gasteiger charge is -2.10. The van der Waals surface area contributed by atoms with E-state index in [2.05, 4.69) is 25.9 Å². The third kappa shape index (κ3) is 2.51. The van der Waals surface area contributed by atoms with E-state index in [9.17, 15) is 4.39 Å². The number of halogens is 3. The fourth-order valence-electron chi connectivity index (χ4n) is 1.97. The van der Waals surface area contributed by atoms with E-state index in [4.69, 9.17) is 11.6 Å². The number of hydrogen-bond donors (Lipinski definition) is 0. The minimum atomic E-state index is -0.303. The third-order valence-corrected chi connectivity index (χ3v) is 4.09. The summed E-state index contributed by atoms with van der Waals surface area (Å²) in [6, 6.07) is 4.81. The van der Waals surface area contributed by atoms with Gasteiger partial charge < -0.3 is 0 Å². The molecule has 5 heteroatoms. The van der Waals surface area contributed by atoms with Crippen molar-refractivity contribution in [1.29, 1.82) is 0 Å². The zero-order valence-corrected chi connectivity index (χ0v) is 12.6. The molecule has 19 heavy (non-hydrogen) atoms. The summed E-state index contributed by atoms with van der Waals surface area (Å²) < 4.78 is 14.8. The van der Waals surface area contributed by atoms with Crippen molar-refractivity contribution >= 4 is 27.5 Å². The van der Waals surface area contributed by atoms with Crippen molar-refractivity contribution in [1.82, 2.24) is 9.97 Å². The Morgan fingerprint density at radius 2 is 2.05 bits per heavy atom. The van der Waals surface area contributed by atoms with Crippen LogP contribution in [0.25, 0.3) is 11.3 Å². The second kappa shape index (κ2) is 4.84. The maximum Gasteiger partial charge on any atom is 0.136 e. The van der Waals surface area contributed by atoms with E-state index in [1.54, 1.807) is 12.1 Å². The summed E-state index contributed by atoms with van der Waals surface area (Å²) in [5, 5.41) is 0.409. The Balaban J connectivity index is 2.20. The fourth-order valence-corrected chi connectivity index (χ4v) is 2.51. The number of aromatic nitrogens is 2. The molecule has 0 saturated heterocycles.